The largest absolute Gasteiger partial charge is 0.382 e. The zero-order valence-electron chi connectivity index (χ0n) is 10.7. The van der Waals surface area contributed by atoms with Gasteiger partial charge < -0.3 is 9.36 Å². The van der Waals surface area contributed by atoms with Crippen molar-refractivity contribution < 1.29 is 72.6 Å². The Morgan fingerprint density at radius 1 is 1.14 bits per heavy atom. The van der Waals surface area contributed by atoms with Gasteiger partial charge in [-0.2, -0.15) is 30.3 Å². The molecule has 21 heavy (non-hydrogen) atoms. The third-order valence-corrected chi connectivity index (χ3v) is 2.73. The van der Waals surface area contributed by atoms with Crippen molar-refractivity contribution in [3.63, 3.8) is 0 Å². The van der Waals surface area contributed by atoms with E-state index in [1.54, 1.807) is 24.3 Å². The molecule has 0 atom stereocenters. The van der Waals surface area contributed by atoms with E-state index in [1.807, 2.05) is 0 Å². The second-order valence-corrected chi connectivity index (χ2v) is 3.91. The molecule has 0 N–H and O–H groups in total. The number of benzene rings is 2. The summed E-state index contributed by atoms with van der Waals surface area (Å²) in [6.07, 6.45) is 1.37. The molecular weight excluding hydrogens is 575 g/mol. The fourth-order valence-electron chi connectivity index (χ4n) is 1.84. The van der Waals surface area contributed by atoms with E-state index >= 15 is 0 Å². The fourth-order valence-corrected chi connectivity index (χ4v) is 1.84. The number of pyridine rings is 1. The van der Waals surface area contributed by atoms with E-state index in [0.29, 0.717) is 5.69 Å². The fraction of sp³-hybridized carbons (Fsp3) is 0. The summed E-state index contributed by atoms with van der Waals surface area (Å²) in [5, 5.41) is 0.0265. The van der Waals surface area contributed by atoms with Crippen LogP contribution in [0.2, 0.25) is 0 Å². The third kappa shape index (κ3) is 3.71. The van der Waals surface area contributed by atoms with Gasteiger partial charge in [0.1, 0.15) is 0 Å². The number of rotatable bonds is 1. The van der Waals surface area contributed by atoms with Gasteiger partial charge in [-0.1, -0.05) is 22.8 Å². The summed E-state index contributed by atoms with van der Waals surface area (Å²) in [5.74, 6) is -2.23. The number of nitrogens with zero attached hydrogens (tertiary/aromatic N) is 1. The molecule has 2 aromatic carbocycles. The topological polar surface area (TPSA) is 22.0 Å². The second kappa shape index (κ2) is 7.79. The predicted molar refractivity (Wildman–Crippen MR) is 66.0 cm³/mol. The minimum atomic E-state index is -1.12. The van der Waals surface area contributed by atoms with Crippen molar-refractivity contribution in [1.29, 1.82) is 0 Å². The molecule has 0 aliphatic rings. The van der Waals surface area contributed by atoms with Gasteiger partial charge >= 0.3 is 0 Å². The first kappa shape index (κ1) is 18.7. The first-order chi connectivity index (χ1) is 9.16. The van der Waals surface area contributed by atoms with Crippen molar-refractivity contribution >= 4 is 10.9 Å². The Kier molecular flexibility index (Phi) is 6.94. The molecule has 1 heterocycles. The molecule has 1 radical (unpaired) electrons. The average Bonchev–Trinajstić information content (AvgIpc) is 2.42. The van der Waals surface area contributed by atoms with Gasteiger partial charge in [-0.25, -0.2) is 4.39 Å². The van der Waals surface area contributed by atoms with Crippen molar-refractivity contribution in [3.8, 4) is 5.69 Å². The number of hydrogen-bond donors (Lipinski definition) is 0. The summed E-state index contributed by atoms with van der Waals surface area (Å²) in [5.41, 5.74) is 0.244. The van der Waals surface area contributed by atoms with Crippen LogP contribution < -0.4 is 5.43 Å². The van der Waals surface area contributed by atoms with Crippen LogP contribution in [-0.2, 0) is 32.7 Å². The van der Waals surface area contributed by atoms with E-state index in [0.717, 1.165) is 6.07 Å². The zero-order chi connectivity index (χ0) is 13.4. The Morgan fingerprint density at radius 3 is 2.57 bits per heavy atom. The normalized spacial score (nSPS) is 9.81. The van der Waals surface area contributed by atoms with Gasteiger partial charge in [-0.15, -0.1) is 18.2 Å². The third-order valence-electron chi connectivity index (χ3n) is 2.73. The Balaban J connectivity index is 0.00000110. The van der Waals surface area contributed by atoms with Crippen LogP contribution in [0.3, 0.4) is 0 Å². The summed E-state index contributed by atoms with van der Waals surface area (Å²) >= 11 is 0. The van der Waals surface area contributed by atoms with Crippen LogP contribution in [0.25, 0.3) is 16.6 Å². The minimum absolute atomic E-state index is 0. The maximum Gasteiger partial charge on any atom is 0.0472 e. The Labute approximate surface area is 168 Å². The molecule has 3 rings (SSSR count). The zero-order valence-corrected chi connectivity index (χ0v) is 17.7. The quantitative estimate of drug-likeness (QED) is 0.406. The van der Waals surface area contributed by atoms with E-state index in [2.05, 4.69) is 18.2 Å². The van der Waals surface area contributed by atoms with Crippen LogP contribution in [0, 0.1) is 60.9 Å². The van der Waals surface area contributed by atoms with E-state index in [-0.39, 0.29) is 74.7 Å². The van der Waals surface area contributed by atoms with Crippen molar-refractivity contribution in [2.75, 3.05) is 0 Å². The molecule has 6 heteroatoms. The molecule has 0 fully saturated rings. The van der Waals surface area contributed by atoms with Crippen LogP contribution in [-0.4, -0.2) is 4.57 Å². The molecule has 0 spiro atoms. The molecule has 0 unspecified atom stereocenters. The summed E-state index contributed by atoms with van der Waals surface area (Å²) < 4.78 is 28.0. The van der Waals surface area contributed by atoms with Gasteiger partial charge in [0.05, 0.1) is 0 Å². The first-order valence-electron chi connectivity index (χ1n) is 5.48. The molecule has 0 saturated carbocycles. The summed E-state index contributed by atoms with van der Waals surface area (Å²) in [6.45, 7) is 0. The minimum Gasteiger partial charge on any atom is -0.382 e. The number of fused-ring (bicyclic) bond motifs is 1. The first-order valence-corrected chi connectivity index (χ1v) is 5.48. The van der Waals surface area contributed by atoms with Crippen LogP contribution in [0.5, 0.6) is 0 Å². The van der Waals surface area contributed by atoms with Crippen LogP contribution in [0.1, 0.15) is 0 Å². The van der Waals surface area contributed by atoms with E-state index in [4.69, 9.17) is 0 Å². The van der Waals surface area contributed by atoms with Crippen molar-refractivity contribution in [2.24, 2.45) is 0 Å². The van der Waals surface area contributed by atoms with Crippen LogP contribution in [0.15, 0.2) is 41.3 Å². The van der Waals surface area contributed by atoms with Crippen LogP contribution in [0.4, 0.5) is 8.78 Å². The molecule has 0 bridgehead atoms. The molecule has 0 saturated heterocycles. The van der Waals surface area contributed by atoms with Gasteiger partial charge in [0, 0.05) is 80.9 Å². The molecular formula is C15H6F2NOUY-3. The molecule has 0 aliphatic carbocycles. The molecule has 1 aromatic heterocycles. The van der Waals surface area contributed by atoms with Gasteiger partial charge in [-0.05, 0) is 0 Å². The molecule has 3 aromatic rings. The van der Waals surface area contributed by atoms with E-state index in [1.165, 1.54) is 10.8 Å². The van der Waals surface area contributed by atoms with Crippen molar-refractivity contribution in [2.45, 2.75) is 0 Å². The maximum atomic E-state index is 13.3. The predicted octanol–water partition coefficient (Wildman–Crippen LogP) is 2.67. The molecule has 0 aliphatic heterocycles. The Morgan fingerprint density at radius 2 is 1.90 bits per heavy atom. The monoisotopic (exact) mass is 581 g/mol. The van der Waals surface area contributed by atoms with Gasteiger partial charge in [0.15, 0.2) is 0 Å². The number of hydrogen-bond acceptors (Lipinski definition) is 1. The van der Waals surface area contributed by atoms with Gasteiger partial charge in [0.25, 0.3) is 0 Å². The molecule has 101 valence electrons. The molecule has 2 nitrogen and oxygen atoms in total. The van der Waals surface area contributed by atoms with Crippen molar-refractivity contribution in [3.05, 3.63) is 76.6 Å². The average molecular weight is 581 g/mol. The van der Waals surface area contributed by atoms with E-state index < -0.39 is 17.1 Å². The van der Waals surface area contributed by atoms with Crippen molar-refractivity contribution in [1.82, 2.24) is 4.57 Å². The van der Waals surface area contributed by atoms with Gasteiger partial charge in [-0.3, -0.25) is 4.39 Å². The summed E-state index contributed by atoms with van der Waals surface area (Å²) in [7, 11) is 0. The molecule has 0 amide bonds. The Bertz CT molecular complexity index is 821. The van der Waals surface area contributed by atoms with E-state index in [9.17, 15) is 13.6 Å². The standard InChI is InChI=1S/C15H6F2NO.U.Y/c16-12-8-11-14(9-13(12)17)18(7-6-15(11)19)10-4-2-1-3-5-10;;/h1-4,7-8H;;/q-3;;. The summed E-state index contributed by atoms with van der Waals surface area (Å²) in [4.78, 5) is 11.6. The number of para-hydroxylation sites is 1. The Hall–Kier alpha value is -0.334. The maximum absolute atomic E-state index is 13.3. The smallest absolute Gasteiger partial charge is 0.0472 e. The second-order valence-electron chi connectivity index (χ2n) is 3.91. The number of aromatic nitrogens is 1. The number of halogens is 2. The van der Waals surface area contributed by atoms with Gasteiger partial charge in [0.2, 0.25) is 0 Å². The SMILES string of the molecule is O=c1[c-]cn(-c2[c-]cccc2)c2[c-]c(F)c(F)cc12.[U].[Y]. The van der Waals surface area contributed by atoms with Crippen LogP contribution >= 0.6 is 0 Å². The summed E-state index contributed by atoms with van der Waals surface area (Å²) in [6, 6.07) is 15.5.